The van der Waals surface area contributed by atoms with Gasteiger partial charge in [-0.25, -0.2) is 5.01 Å². The number of hydrazine groups is 1. The van der Waals surface area contributed by atoms with Crippen molar-refractivity contribution in [2.24, 2.45) is 0 Å². The fourth-order valence-electron chi connectivity index (χ4n) is 1.18. The van der Waals surface area contributed by atoms with Crippen molar-refractivity contribution in [1.82, 2.24) is 5.01 Å². The maximum absolute atomic E-state index is 2.18. The van der Waals surface area contributed by atoms with Crippen LogP contribution in [0.15, 0.2) is 24.3 Å². The zero-order valence-electron chi connectivity index (χ0n) is 8.91. The largest absolute Gasteiger partial charge is 0.309 e. The molecular weight excluding hydrogens is 160 g/mol. The monoisotopic (exact) mass is 178 g/mol. The van der Waals surface area contributed by atoms with Crippen molar-refractivity contribution in [2.45, 2.75) is 13.3 Å². The van der Waals surface area contributed by atoms with Crippen LogP contribution in [-0.4, -0.2) is 26.2 Å². The smallest absolute Gasteiger partial charge is 0.0518 e. The summed E-state index contributed by atoms with van der Waals surface area (Å²) >= 11 is 0. The van der Waals surface area contributed by atoms with Gasteiger partial charge in [-0.3, -0.25) is 0 Å². The van der Waals surface area contributed by atoms with E-state index in [0.717, 1.165) is 6.42 Å². The lowest BCUT2D eigenvalue weighted by Gasteiger charge is -2.26. The maximum Gasteiger partial charge on any atom is 0.0518 e. The number of nitrogens with zero attached hydrogens (tertiary/aromatic N) is 2. The van der Waals surface area contributed by atoms with Crippen LogP contribution in [0.3, 0.4) is 0 Å². The minimum absolute atomic E-state index is 1.10. The lowest BCUT2D eigenvalue weighted by molar-refractivity contribution is 0.397. The molecule has 0 fully saturated rings. The van der Waals surface area contributed by atoms with Gasteiger partial charge >= 0.3 is 0 Å². The molecule has 1 aromatic carbocycles. The van der Waals surface area contributed by atoms with Gasteiger partial charge in [0.2, 0.25) is 0 Å². The Hall–Kier alpha value is -1.02. The Bertz CT molecular complexity index is 251. The Balaban J connectivity index is 2.79. The molecule has 13 heavy (non-hydrogen) atoms. The fraction of sp³-hybridized carbons (Fsp3) is 0.455. The van der Waals surface area contributed by atoms with Gasteiger partial charge in [0, 0.05) is 21.1 Å². The molecular formula is C11H18N2. The van der Waals surface area contributed by atoms with Crippen molar-refractivity contribution >= 4 is 5.69 Å². The lowest BCUT2D eigenvalue weighted by atomic mass is 10.1. The Labute approximate surface area is 80.7 Å². The van der Waals surface area contributed by atoms with Crippen LogP contribution in [0, 0.1) is 0 Å². The molecule has 0 N–H and O–H groups in total. The van der Waals surface area contributed by atoms with E-state index in [1.54, 1.807) is 0 Å². The average molecular weight is 178 g/mol. The van der Waals surface area contributed by atoms with E-state index in [9.17, 15) is 0 Å². The van der Waals surface area contributed by atoms with Crippen molar-refractivity contribution in [1.29, 1.82) is 0 Å². The number of anilines is 1. The van der Waals surface area contributed by atoms with Gasteiger partial charge in [-0.15, -0.1) is 0 Å². The first-order chi connectivity index (χ1) is 6.15. The molecule has 0 aliphatic rings. The normalized spacial score (nSPS) is 10.5. The van der Waals surface area contributed by atoms with Crippen LogP contribution in [0.5, 0.6) is 0 Å². The molecule has 2 heteroatoms. The Kier molecular flexibility index (Phi) is 3.32. The van der Waals surface area contributed by atoms with E-state index in [4.69, 9.17) is 0 Å². The Morgan fingerprint density at radius 1 is 1.00 bits per heavy atom. The van der Waals surface area contributed by atoms with Gasteiger partial charge in [0.05, 0.1) is 5.69 Å². The highest BCUT2D eigenvalue weighted by Crippen LogP contribution is 2.14. The first-order valence-electron chi connectivity index (χ1n) is 4.65. The number of aryl methyl sites for hydroxylation is 1. The molecule has 0 bridgehead atoms. The summed E-state index contributed by atoms with van der Waals surface area (Å²) in [4.78, 5) is 0. The quantitative estimate of drug-likeness (QED) is 0.654. The van der Waals surface area contributed by atoms with Gasteiger partial charge in [0.1, 0.15) is 0 Å². The topological polar surface area (TPSA) is 6.48 Å². The summed E-state index contributed by atoms with van der Waals surface area (Å²) in [6.45, 7) is 2.17. The summed E-state index contributed by atoms with van der Waals surface area (Å²) in [6.07, 6.45) is 1.10. The zero-order chi connectivity index (χ0) is 9.84. The van der Waals surface area contributed by atoms with Crippen molar-refractivity contribution in [3.63, 3.8) is 0 Å². The van der Waals surface area contributed by atoms with Crippen LogP contribution in [0.25, 0.3) is 0 Å². The molecule has 0 saturated carbocycles. The van der Waals surface area contributed by atoms with E-state index in [2.05, 4.69) is 48.3 Å². The highest BCUT2D eigenvalue weighted by Gasteiger charge is 2.01. The minimum Gasteiger partial charge on any atom is -0.309 e. The summed E-state index contributed by atoms with van der Waals surface area (Å²) in [5.41, 5.74) is 2.61. The SMILES string of the molecule is CCc1ccc(N(C)N(C)C)cc1. The van der Waals surface area contributed by atoms with E-state index in [-0.39, 0.29) is 0 Å². The van der Waals surface area contributed by atoms with Gasteiger partial charge in [0.15, 0.2) is 0 Å². The highest BCUT2D eigenvalue weighted by atomic mass is 15.6. The molecule has 0 heterocycles. The third-order valence-electron chi connectivity index (χ3n) is 2.32. The van der Waals surface area contributed by atoms with E-state index in [1.165, 1.54) is 11.3 Å². The molecule has 0 unspecified atom stereocenters. The molecule has 0 aliphatic heterocycles. The molecule has 0 spiro atoms. The lowest BCUT2D eigenvalue weighted by Crippen LogP contribution is -2.32. The van der Waals surface area contributed by atoms with Crippen molar-refractivity contribution in [3.8, 4) is 0 Å². The third-order valence-corrected chi connectivity index (χ3v) is 2.32. The summed E-state index contributed by atoms with van der Waals surface area (Å²) in [7, 11) is 6.13. The Morgan fingerprint density at radius 2 is 1.54 bits per heavy atom. The molecule has 0 aliphatic carbocycles. The van der Waals surface area contributed by atoms with Crippen molar-refractivity contribution in [2.75, 3.05) is 26.2 Å². The summed E-state index contributed by atoms with van der Waals surface area (Å²) < 4.78 is 0. The third kappa shape index (κ3) is 2.46. The first kappa shape index (κ1) is 10.1. The number of hydrogen-bond acceptors (Lipinski definition) is 2. The fourth-order valence-corrected chi connectivity index (χ4v) is 1.18. The van der Waals surface area contributed by atoms with E-state index in [1.807, 2.05) is 14.1 Å². The Morgan fingerprint density at radius 3 is 1.92 bits per heavy atom. The maximum atomic E-state index is 2.18. The molecule has 72 valence electrons. The van der Waals surface area contributed by atoms with Gasteiger partial charge in [-0.2, -0.15) is 0 Å². The van der Waals surface area contributed by atoms with Crippen LogP contribution >= 0.6 is 0 Å². The van der Waals surface area contributed by atoms with Crippen LogP contribution in [0.2, 0.25) is 0 Å². The second-order valence-corrected chi connectivity index (χ2v) is 3.39. The predicted molar refractivity (Wildman–Crippen MR) is 57.9 cm³/mol. The van der Waals surface area contributed by atoms with E-state index < -0.39 is 0 Å². The van der Waals surface area contributed by atoms with Gasteiger partial charge in [-0.05, 0) is 24.1 Å². The molecule has 0 aromatic heterocycles. The van der Waals surface area contributed by atoms with Crippen LogP contribution in [0.1, 0.15) is 12.5 Å². The van der Waals surface area contributed by atoms with E-state index >= 15 is 0 Å². The molecule has 0 atom stereocenters. The molecule has 0 radical (unpaired) electrons. The van der Waals surface area contributed by atoms with Gasteiger partial charge < -0.3 is 5.01 Å². The zero-order valence-corrected chi connectivity index (χ0v) is 8.91. The van der Waals surface area contributed by atoms with Crippen LogP contribution < -0.4 is 5.01 Å². The summed E-state index contributed by atoms with van der Waals surface area (Å²) in [6, 6.07) is 8.66. The second-order valence-electron chi connectivity index (χ2n) is 3.39. The molecule has 2 nitrogen and oxygen atoms in total. The van der Waals surface area contributed by atoms with Crippen LogP contribution in [0.4, 0.5) is 5.69 Å². The highest BCUT2D eigenvalue weighted by molar-refractivity contribution is 5.45. The minimum atomic E-state index is 1.10. The molecule has 0 amide bonds. The van der Waals surface area contributed by atoms with Crippen LogP contribution in [-0.2, 0) is 6.42 Å². The number of rotatable bonds is 3. The second kappa shape index (κ2) is 4.28. The standard InChI is InChI=1S/C11H18N2/c1-5-10-6-8-11(9-7-10)13(4)12(2)3/h6-9H,5H2,1-4H3. The number of benzene rings is 1. The molecule has 1 aromatic rings. The molecule has 0 saturated heterocycles. The molecule has 1 rings (SSSR count). The number of hydrogen-bond donors (Lipinski definition) is 0. The van der Waals surface area contributed by atoms with Gasteiger partial charge in [-0.1, -0.05) is 19.1 Å². The van der Waals surface area contributed by atoms with Crippen molar-refractivity contribution in [3.05, 3.63) is 29.8 Å². The van der Waals surface area contributed by atoms with E-state index in [0.29, 0.717) is 0 Å². The van der Waals surface area contributed by atoms with Crippen molar-refractivity contribution < 1.29 is 0 Å². The predicted octanol–water partition coefficient (Wildman–Crippen LogP) is 2.16. The van der Waals surface area contributed by atoms with Gasteiger partial charge in [0.25, 0.3) is 0 Å². The summed E-state index contributed by atoms with van der Waals surface area (Å²) in [5.74, 6) is 0. The summed E-state index contributed by atoms with van der Waals surface area (Å²) in [5, 5.41) is 4.17. The first-order valence-corrected chi connectivity index (χ1v) is 4.65. The average Bonchev–Trinajstić information content (AvgIpc) is 2.17.